The maximum absolute atomic E-state index is 11.9. The molecule has 0 aromatic carbocycles. The minimum Gasteiger partial charge on any atom is -0.268 e. The van der Waals surface area contributed by atoms with E-state index >= 15 is 0 Å². The van der Waals surface area contributed by atoms with Crippen molar-refractivity contribution >= 4 is 16.6 Å². The van der Waals surface area contributed by atoms with Gasteiger partial charge in [0.15, 0.2) is 0 Å². The molecule has 3 aromatic heterocycles. The zero-order valence-electron chi connectivity index (χ0n) is 7.66. The number of hydrogen-bond acceptors (Lipinski definition) is 4. The van der Waals surface area contributed by atoms with E-state index in [1.54, 1.807) is 30.7 Å². The van der Waals surface area contributed by atoms with Crippen molar-refractivity contribution < 1.29 is 0 Å². The highest BCUT2D eigenvalue weighted by molar-refractivity contribution is 5.78. The molecule has 5 heteroatoms. The van der Waals surface area contributed by atoms with Gasteiger partial charge in [0, 0.05) is 12.4 Å². The third-order valence-corrected chi connectivity index (χ3v) is 2.22. The van der Waals surface area contributed by atoms with Gasteiger partial charge in [0.2, 0.25) is 0 Å². The highest BCUT2D eigenvalue weighted by Crippen LogP contribution is 2.05. The van der Waals surface area contributed by atoms with Gasteiger partial charge in [-0.1, -0.05) is 0 Å². The van der Waals surface area contributed by atoms with E-state index in [1.165, 1.54) is 10.7 Å². The Morgan fingerprint density at radius 2 is 2.00 bits per heavy atom. The number of fused-ring (bicyclic) bond motifs is 2. The summed E-state index contributed by atoms with van der Waals surface area (Å²) in [7, 11) is 0. The highest BCUT2D eigenvalue weighted by Gasteiger charge is 2.03. The SMILES string of the molecule is O=c1c2ccncc2nc2ccncn12. The lowest BCUT2D eigenvalue weighted by Crippen LogP contribution is -2.15. The van der Waals surface area contributed by atoms with Gasteiger partial charge in [0.05, 0.1) is 17.1 Å². The normalized spacial score (nSPS) is 10.9. The number of pyridine rings is 1. The predicted octanol–water partition coefficient (Wildman–Crippen LogP) is 0.638. The fourth-order valence-electron chi connectivity index (χ4n) is 1.51. The second kappa shape index (κ2) is 2.84. The molecule has 3 aromatic rings. The fourth-order valence-corrected chi connectivity index (χ4v) is 1.51. The fraction of sp³-hybridized carbons (Fsp3) is 0. The number of nitrogens with zero attached hydrogens (tertiary/aromatic N) is 4. The van der Waals surface area contributed by atoms with Crippen LogP contribution in [-0.2, 0) is 0 Å². The van der Waals surface area contributed by atoms with E-state index in [1.807, 2.05) is 0 Å². The van der Waals surface area contributed by atoms with Crippen LogP contribution in [-0.4, -0.2) is 19.4 Å². The Morgan fingerprint density at radius 3 is 2.93 bits per heavy atom. The number of hydrogen-bond donors (Lipinski definition) is 0. The van der Waals surface area contributed by atoms with Crippen molar-refractivity contribution in [3.8, 4) is 0 Å². The lowest BCUT2D eigenvalue weighted by atomic mass is 10.3. The summed E-state index contributed by atoms with van der Waals surface area (Å²) in [6.45, 7) is 0. The molecular weight excluding hydrogens is 192 g/mol. The van der Waals surface area contributed by atoms with Crippen LogP contribution in [0.2, 0.25) is 0 Å². The van der Waals surface area contributed by atoms with Gasteiger partial charge in [-0.2, -0.15) is 0 Å². The summed E-state index contributed by atoms with van der Waals surface area (Å²) < 4.78 is 1.42. The van der Waals surface area contributed by atoms with Crippen LogP contribution in [0.5, 0.6) is 0 Å². The Kier molecular flexibility index (Phi) is 1.53. The Bertz CT molecular complexity index is 647. The molecule has 15 heavy (non-hydrogen) atoms. The summed E-state index contributed by atoms with van der Waals surface area (Å²) in [4.78, 5) is 24.1. The first-order chi connectivity index (χ1) is 7.36. The summed E-state index contributed by atoms with van der Waals surface area (Å²) in [6.07, 6.45) is 6.22. The summed E-state index contributed by atoms with van der Waals surface area (Å²) in [5.74, 6) is 0. The minimum atomic E-state index is -0.120. The molecule has 0 aliphatic carbocycles. The first-order valence-electron chi connectivity index (χ1n) is 4.42. The lowest BCUT2D eigenvalue weighted by molar-refractivity contribution is 1.01. The Hall–Kier alpha value is -2.30. The van der Waals surface area contributed by atoms with Crippen LogP contribution in [0.25, 0.3) is 16.6 Å². The summed E-state index contributed by atoms with van der Waals surface area (Å²) >= 11 is 0. The molecule has 0 fully saturated rings. The average molecular weight is 198 g/mol. The summed E-state index contributed by atoms with van der Waals surface area (Å²) in [5.41, 5.74) is 1.06. The number of rotatable bonds is 0. The molecule has 0 aliphatic rings. The van der Waals surface area contributed by atoms with Crippen molar-refractivity contribution in [3.05, 3.63) is 47.4 Å². The van der Waals surface area contributed by atoms with E-state index in [0.717, 1.165) is 0 Å². The van der Waals surface area contributed by atoms with Gasteiger partial charge in [-0.3, -0.25) is 14.2 Å². The molecule has 0 aliphatic heterocycles. The molecular formula is C10H6N4O. The zero-order valence-corrected chi connectivity index (χ0v) is 7.66. The molecule has 0 spiro atoms. The van der Waals surface area contributed by atoms with Gasteiger partial charge in [0.25, 0.3) is 5.56 Å². The van der Waals surface area contributed by atoms with E-state index in [9.17, 15) is 4.79 Å². The monoisotopic (exact) mass is 198 g/mol. The number of aromatic nitrogens is 4. The van der Waals surface area contributed by atoms with Crippen LogP contribution in [0.15, 0.2) is 41.8 Å². The third-order valence-electron chi connectivity index (χ3n) is 2.22. The molecule has 0 saturated heterocycles. The highest BCUT2D eigenvalue weighted by atomic mass is 16.1. The van der Waals surface area contributed by atoms with Crippen molar-refractivity contribution in [2.45, 2.75) is 0 Å². The molecule has 0 amide bonds. The quantitative estimate of drug-likeness (QED) is 0.497. The summed E-state index contributed by atoms with van der Waals surface area (Å²) in [6, 6.07) is 3.35. The first kappa shape index (κ1) is 8.05. The maximum Gasteiger partial charge on any atom is 0.267 e. The van der Waals surface area contributed by atoms with Crippen LogP contribution in [0, 0.1) is 0 Å². The molecule has 3 heterocycles. The van der Waals surface area contributed by atoms with Crippen molar-refractivity contribution in [2.24, 2.45) is 0 Å². The predicted molar refractivity (Wildman–Crippen MR) is 54.6 cm³/mol. The second-order valence-corrected chi connectivity index (χ2v) is 3.12. The smallest absolute Gasteiger partial charge is 0.267 e. The average Bonchev–Trinajstić information content (AvgIpc) is 2.30. The molecule has 0 N–H and O–H groups in total. The lowest BCUT2D eigenvalue weighted by Gasteiger charge is -2.00. The van der Waals surface area contributed by atoms with Gasteiger partial charge in [-0.15, -0.1) is 0 Å². The molecule has 0 saturated carbocycles. The Balaban J connectivity index is 2.66. The van der Waals surface area contributed by atoms with E-state index in [0.29, 0.717) is 16.6 Å². The van der Waals surface area contributed by atoms with Crippen LogP contribution in [0.3, 0.4) is 0 Å². The van der Waals surface area contributed by atoms with Crippen molar-refractivity contribution in [2.75, 3.05) is 0 Å². The first-order valence-corrected chi connectivity index (χ1v) is 4.42. The van der Waals surface area contributed by atoms with Crippen LogP contribution < -0.4 is 5.56 Å². The zero-order chi connectivity index (χ0) is 10.3. The van der Waals surface area contributed by atoms with Crippen LogP contribution >= 0.6 is 0 Å². The molecule has 0 unspecified atom stereocenters. The second-order valence-electron chi connectivity index (χ2n) is 3.12. The molecule has 0 atom stereocenters. The van der Waals surface area contributed by atoms with Gasteiger partial charge in [-0.05, 0) is 12.1 Å². The van der Waals surface area contributed by atoms with Gasteiger partial charge in [-0.25, -0.2) is 9.97 Å². The Morgan fingerprint density at radius 1 is 1.13 bits per heavy atom. The van der Waals surface area contributed by atoms with Gasteiger partial charge < -0.3 is 0 Å². The van der Waals surface area contributed by atoms with Gasteiger partial charge >= 0.3 is 0 Å². The van der Waals surface area contributed by atoms with E-state index in [-0.39, 0.29) is 5.56 Å². The topological polar surface area (TPSA) is 60.2 Å². The molecule has 0 radical (unpaired) electrons. The van der Waals surface area contributed by atoms with E-state index in [4.69, 9.17) is 0 Å². The van der Waals surface area contributed by atoms with Gasteiger partial charge in [0.1, 0.15) is 12.0 Å². The minimum absolute atomic E-state index is 0.120. The molecule has 0 bridgehead atoms. The maximum atomic E-state index is 11.9. The van der Waals surface area contributed by atoms with Crippen LogP contribution in [0.1, 0.15) is 0 Å². The molecule has 5 nitrogen and oxygen atoms in total. The molecule has 72 valence electrons. The van der Waals surface area contributed by atoms with E-state index < -0.39 is 0 Å². The molecule has 3 rings (SSSR count). The van der Waals surface area contributed by atoms with Crippen molar-refractivity contribution in [1.29, 1.82) is 0 Å². The van der Waals surface area contributed by atoms with Crippen molar-refractivity contribution in [1.82, 2.24) is 19.4 Å². The third kappa shape index (κ3) is 1.10. The largest absolute Gasteiger partial charge is 0.268 e. The van der Waals surface area contributed by atoms with Crippen LogP contribution in [0.4, 0.5) is 0 Å². The summed E-state index contributed by atoms with van der Waals surface area (Å²) in [5, 5.41) is 0.551. The standard InChI is InChI=1S/C10H6N4O/c15-10-7-1-3-11-5-8(7)13-9-2-4-12-6-14(9)10/h1-6H. The van der Waals surface area contributed by atoms with E-state index in [2.05, 4.69) is 15.0 Å². The Labute approximate surface area is 84.1 Å². The van der Waals surface area contributed by atoms with Crippen molar-refractivity contribution in [3.63, 3.8) is 0 Å².